The summed E-state index contributed by atoms with van der Waals surface area (Å²) in [7, 11) is 0. The Morgan fingerprint density at radius 2 is 1.81 bits per heavy atom. The highest BCUT2D eigenvalue weighted by Crippen LogP contribution is 2.14. The lowest BCUT2D eigenvalue weighted by atomic mass is 10.2. The summed E-state index contributed by atoms with van der Waals surface area (Å²) in [6, 6.07) is 16.0. The van der Waals surface area contributed by atoms with Crippen molar-refractivity contribution in [1.82, 2.24) is 15.3 Å². The summed E-state index contributed by atoms with van der Waals surface area (Å²) in [5, 5.41) is 2.80. The first-order chi connectivity index (χ1) is 13.1. The van der Waals surface area contributed by atoms with E-state index in [1.165, 1.54) is 18.3 Å². The number of nitrogens with one attached hydrogen (secondary N) is 1. The summed E-state index contributed by atoms with van der Waals surface area (Å²) < 4.78 is 5.68. The van der Waals surface area contributed by atoms with Gasteiger partial charge in [0.15, 0.2) is 0 Å². The van der Waals surface area contributed by atoms with E-state index in [1.807, 2.05) is 42.5 Å². The minimum absolute atomic E-state index is 0.118. The highest BCUT2D eigenvalue weighted by Gasteiger charge is 2.08. The summed E-state index contributed by atoms with van der Waals surface area (Å²) in [6.45, 7) is 0.752. The van der Waals surface area contributed by atoms with Crippen molar-refractivity contribution < 1.29 is 14.3 Å². The molecule has 7 heteroatoms. The Morgan fingerprint density at radius 1 is 1.00 bits per heavy atom. The summed E-state index contributed by atoms with van der Waals surface area (Å²) in [4.78, 5) is 31.2. The molecule has 0 aliphatic carbocycles. The lowest BCUT2D eigenvalue weighted by Crippen LogP contribution is -2.23. The smallest absolute Gasteiger partial charge is 0.267 e. The molecule has 3 N–H and O–H groups in total. The van der Waals surface area contributed by atoms with Crippen molar-refractivity contribution in [2.24, 2.45) is 5.73 Å². The standard InChI is InChI=1S/C20H18N4O3/c21-19(25)18-9-6-15(12-23-18)20(26)24-11-14-4-7-17(8-5-14)27-13-16-3-1-2-10-22-16/h1-10,12H,11,13H2,(H2,21,25)(H,24,26). The zero-order chi connectivity index (χ0) is 19.1. The van der Waals surface area contributed by atoms with Crippen molar-refractivity contribution >= 4 is 11.8 Å². The van der Waals surface area contributed by atoms with Gasteiger partial charge in [-0.15, -0.1) is 0 Å². The molecule has 0 saturated carbocycles. The van der Waals surface area contributed by atoms with Crippen LogP contribution < -0.4 is 15.8 Å². The number of benzene rings is 1. The molecule has 2 aromatic heterocycles. The Morgan fingerprint density at radius 3 is 2.44 bits per heavy atom. The maximum absolute atomic E-state index is 12.1. The fourth-order valence-electron chi connectivity index (χ4n) is 2.30. The Labute approximate surface area is 156 Å². The van der Waals surface area contributed by atoms with Gasteiger partial charge in [-0.25, -0.2) is 0 Å². The van der Waals surface area contributed by atoms with Gasteiger partial charge in [0.2, 0.25) is 0 Å². The van der Waals surface area contributed by atoms with Crippen LogP contribution >= 0.6 is 0 Å². The SMILES string of the molecule is NC(=O)c1ccc(C(=O)NCc2ccc(OCc3ccccn3)cc2)cn1. The number of primary amides is 1. The molecular formula is C20H18N4O3. The number of rotatable bonds is 7. The van der Waals surface area contributed by atoms with E-state index in [0.29, 0.717) is 18.7 Å². The van der Waals surface area contributed by atoms with Crippen molar-refractivity contribution in [3.63, 3.8) is 0 Å². The predicted octanol–water partition coefficient (Wildman–Crippen LogP) is 2.08. The monoisotopic (exact) mass is 362 g/mol. The maximum atomic E-state index is 12.1. The molecule has 0 aliphatic rings. The molecule has 2 heterocycles. The van der Waals surface area contributed by atoms with Crippen molar-refractivity contribution in [3.8, 4) is 5.75 Å². The molecule has 0 unspecified atom stereocenters. The average Bonchev–Trinajstić information content (AvgIpc) is 2.72. The molecule has 0 saturated heterocycles. The Balaban J connectivity index is 1.50. The van der Waals surface area contributed by atoms with Crippen LogP contribution in [0, 0.1) is 0 Å². The van der Waals surface area contributed by atoms with Crippen LogP contribution in [0.3, 0.4) is 0 Å². The average molecular weight is 362 g/mol. The normalized spacial score (nSPS) is 10.2. The number of hydrogen-bond acceptors (Lipinski definition) is 5. The first-order valence-electron chi connectivity index (χ1n) is 8.27. The molecule has 0 spiro atoms. The van der Waals surface area contributed by atoms with Gasteiger partial charge in [-0.2, -0.15) is 0 Å². The third-order valence-corrected chi connectivity index (χ3v) is 3.77. The second kappa shape index (κ2) is 8.57. The number of aromatic nitrogens is 2. The Kier molecular flexibility index (Phi) is 5.73. The first kappa shape index (κ1) is 18.1. The zero-order valence-corrected chi connectivity index (χ0v) is 14.5. The largest absolute Gasteiger partial charge is 0.487 e. The second-order valence-corrected chi connectivity index (χ2v) is 5.73. The van der Waals surface area contributed by atoms with E-state index < -0.39 is 5.91 Å². The number of nitrogens with two attached hydrogens (primary N) is 1. The van der Waals surface area contributed by atoms with Crippen molar-refractivity contribution in [1.29, 1.82) is 0 Å². The van der Waals surface area contributed by atoms with Gasteiger partial charge in [-0.1, -0.05) is 18.2 Å². The van der Waals surface area contributed by atoms with Gasteiger partial charge in [0.1, 0.15) is 18.1 Å². The fourth-order valence-corrected chi connectivity index (χ4v) is 2.30. The molecule has 0 aliphatic heterocycles. The third kappa shape index (κ3) is 5.12. The van der Waals surface area contributed by atoms with E-state index in [9.17, 15) is 9.59 Å². The molecule has 0 atom stereocenters. The number of nitrogens with zero attached hydrogens (tertiary/aromatic N) is 2. The summed E-state index contributed by atoms with van der Waals surface area (Å²) in [6.07, 6.45) is 3.05. The molecule has 0 bridgehead atoms. The fraction of sp³-hybridized carbons (Fsp3) is 0.100. The lowest BCUT2D eigenvalue weighted by molar-refractivity contribution is 0.0947. The van der Waals surface area contributed by atoms with Gasteiger partial charge in [0.05, 0.1) is 11.3 Å². The Hall–Kier alpha value is -3.74. The molecule has 1 aromatic carbocycles. The molecule has 3 aromatic rings. The zero-order valence-electron chi connectivity index (χ0n) is 14.5. The van der Waals surface area contributed by atoms with Gasteiger partial charge in [0, 0.05) is 18.9 Å². The second-order valence-electron chi connectivity index (χ2n) is 5.73. The number of hydrogen-bond donors (Lipinski definition) is 2. The van der Waals surface area contributed by atoms with Crippen LogP contribution in [0.1, 0.15) is 32.1 Å². The molecule has 3 rings (SSSR count). The number of carbonyl (C=O) groups excluding carboxylic acids is 2. The van der Waals surface area contributed by atoms with E-state index in [2.05, 4.69) is 15.3 Å². The molecule has 0 fully saturated rings. The minimum atomic E-state index is -0.632. The van der Waals surface area contributed by atoms with E-state index in [-0.39, 0.29) is 11.6 Å². The molecule has 2 amide bonds. The summed E-state index contributed by atoms with van der Waals surface area (Å²) >= 11 is 0. The summed E-state index contributed by atoms with van der Waals surface area (Å²) in [5.41, 5.74) is 7.38. The molecule has 27 heavy (non-hydrogen) atoms. The third-order valence-electron chi connectivity index (χ3n) is 3.77. The van der Waals surface area contributed by atoms with Crippen LogP contribution in [-0.2, 0) is 13.2 Å². The molecule has 7 nitrogen and oxygen atoms in total. The van der Waals surface area contributed by atoms with Crippen LogP contribution in [0.5, 0.6) is 5.75 Å². The number of amides is 2. The van der Waals surface area contributed by atoms with Crippen molar-refractivity contribution in [3.05, 3.63) is 89.5 Å². The molecule has 0 radical (unpaired) electrons. The number of carbonyl (C=O) groups is 2. The van der Waals surface area contributed by atoms with E-state index >= 15 is 0 Å². The van der Waals surface area contributed by atoms with Crippen LogP contribution in [0.25, 0.3) is 0 Å². The maximum Gasteiger partial charge on any atom is 0.267 e. The molecular weight excluding hydrogens is 344 g/mol. The van der Waals surface area contributed by atoms with E-state index in [1.54, 1.807) is 6.20 Å². The number of pyridine rings is 2. The van der Waals surface area contributed by atoms with Crippen LogP contribution in [0.4, 0.5) is 0 Å². The quantitative estimate of drug-likeness (QED) is 0.669. The summed E-state index contributed by atoms with van der Waals surface area (Å²) in [5.74, 6) is -0.191. The topological polar surface area (TPSA) is 107 Å². The van der Waals surface area contributed by atoms with Gasteiger partial charge in [0.25, 0.3) is 11.8 Å². The van der Waals surface area contributed by atoms with E-state index in [4.69, 9.17) is 10.5 Å². The highest BCUT2D eigenvalue weighted by molar-refractivity contribution is 5.95. The van der Waals surface area contributed by atoms with Crippen LogP contribution in [0.2, 0.25) is 0 Å². The minimum Gasteiger partial charge on any atom is -0.487 e. The van der Waals surface area contributed by atoms with Crippen molar-refractivity contribution in [2.45, 2.75) is 13.2 Å². The van der Waals surface area contributed by atoms with Crippen LogP contribution in [-0.4, -0.2) is 21.8 Å². The number of ether oxygens (including phenoxy) is 1. The van der Waals surface area contributed by atoms with Gasteiger partial charge in [-0.3, -0.25) is 19.6 Å². The van der Waals surface area contributed by atoms with Gasteiger partial charge < -0.3 is 15.8 Å². The Bertz CT molecular complexity index is 910. The van der Waals surface area contributed by atoms with Gasteiger partial charge >= 0.3 is 0 Å². The lowest BCUT2D eigenvalue weighted by Gasteiger charge is -2.08. The van der Waals surface area contributed by atoms with Gasteiger partial charge in [-0.05, 0) is 42.0 Å². The highest BCUT2D eigenvalue weighted by atomic mass is 16.5. The first-order valence-corrected chi connectivity index (χ1v) is 8.27. The predicted molar refractivity (Wildman–Crippen MR) is 98.9 cm³/mol. The van der Waals surface area contributed by atoms with Crippen molar-refractivity contribution in [2.75, 3.05) is 0 Å². The van der Waals surface area contributed by atoms with Crippen LogP contribution in [0.15, 0.2) is 67.0 Å². The molecule has 136 valence electrons. The van der Waals surface area contributed by atoms with E-state index in [0.717, 1.165) is 17.0 Å².